The Morgan fingerprint density at radius 1 is 1.45 bits per heavy atom. The van der Waals surface area contributed by atoms with E-state index < -0.39 is 0 Å². The summed E-state index contributed by atoms with van der Waals surface area (Å²) in [5.74, 6) is 0. The predicted molar refractivity (Wildman–Crippen MR) is 44.7 cm³/mol. The van der Waals surface area contributed by atoms with Crippen molar-refractivity contribution in [3.05, 3.63) is 35.4 Å². The number of rotatable bonds is 1. The number of aliphatic imine (C=N–C) groups is 1. The summed E-state index contributed by atoms with van der Waals surface area (Å²) in [6.07, 6.45) is 1.68. The summed E-state index contributed by atoms with van der Waals surface area (Å²) in [5.41, 5.74) is 1.54. The first-order chi connectivity index (χ1) is 5.38. The highest BCUT2D eigenvalue weighted by Crippen LogP contribution is 2.03. The lowest BCUT2D eigenvalue weighted by Gasteiger charge is -1.92. The minimum absolute atomic E-state index is 0.665. The topological polar surface area (TPSA) is 36.1 Å². The van der Waals surface area contributed by atoms with Gasteiger partial charge in [-0.15, -0.1) is 0 Å². The van der Waals surface area contributed by atoms with Crippen molar-refractivity contribution >= 4 is 6.21 Å². The molecule has 0 bridgehead atoms. The molecule has 0 heterocycles. The summed E-state index contributed by atoms with van der Waals surface area (Å²) < 4.78 is 0. The van der Waals surface area contributed by atoms with Crippen LogP contribution >= 0.6 is 0 Å². The predicted octanol–water partition coefficient (Wildman–Crippen LogP) is 1.61. The lowest BCUT2D eigenvalue weighted by Crippen LogP contribution is -1.85. The van der Waals surface area contributed by atoms with Crippen molar-refractivity contribution in [1.29, 1.82) is 5.26 Å². The first-order valence-electron chi connectivity index (χ1n) is 3.30. The second kappa shape index (κ2) is 3.52. The quantitative estimate of drug-likeness (QED) is 0.551. The molecule has 0 fully saturated rings. The number of benzene rings is 1. The second-order valence-electron chi connectivity index (χ2n) is 2.09. The Hall–Kier alpha value is -1.62. The molecule has 0 aliphatic carbocycles. The number of hydrogen-bond donors (Lipinski definition) is 0. The molecule has 0 unspecified atom stereocenters. The highest BCUT2D eigenvalue weighted by Gasteiger charge is 1.94. The van der Waals surface area contributed by atoms with Crippen LogP contribution in [0.15, 0.2) is 29.3 Å². The van der Waals surface area contributed by atoms with Gasteiger partial charge < -0.3 is 0 Å². The van der Waals surface area contributed by atoms with Crippen molar-refractivity contribution in [3.63, 3.8) is 0 Å². The maximum absolute atomic E-state index is 8.63. The molecule has 0 saturated carbocycles. The van der Waals surface area contributed by atoms with Gasteiger partial charge in [-0.3, -0.25) is 4.99 Å². The van der Waals surface area contributed by atoms with Crippen LogP contribution < -0.4 is 0 Å². The molecule has 0 radical (unpaired) electrons. The molecule has 0 aliphatic rings. The van der Waals surface area contributed by atoms with Crippen LogP contribution in [0, 0.1) is 11.3 Å². The second-order valence-corrected chi connectivity index (χ2v) is 2.09. The van der Waals surface area contributed by atoms with E-state index in [1.54, 1.807) is 19.3 Å². The lowest BCUT2D eigenvalue weighted by atomic mass is 10.1. The van der Waals surface area contributed by atoms with Crippen LogP contribution in [0.5, 0.6) is 0 Å². The van der Waals surface area contributed by atoms with Gasteiger partial charge in [0.15, 0.2) is 0 Å². The minimum atomic E-state index is 0.665. The fourth-order valence-electron chi connectivity index (χ4n) is 0.850. The molecule has 1 aromatic rings. The van der Waals surface area contributed by atoms with Crippen LogP contribution in [0.1, 0.15) is 11.1 Å². The van der Waals surface area contributed by atoms with Gasteiger partial charge in [0.05, 0.1) is 11.6 Å². The van der Waals surface area contributed by atoms with E-state index >= 15 is 0 Å². The molecule has 0 amide bonds. The average molecular weight is 144 g/mol. The molecule has 11 heavy (non-hydrogen) atoms. The van der Waals surface area contributed by atoms with Gasteiger partial charge in [-0.25, -0.2) is 0 Å². The Balaban J connectivity index is 3.15. The Bertz CT molecular complexity index is 308. The summed E-state index contributed by atoms with van der Waals surface area (Å²) >= 11 is 0. The van der Waals surface area contributed by atoms with E-state index in [0.29, 0.717) is 5.56 Å². The van der Waals surface area contributed by atoms with E-state index in [1.165, 1.54) is 0 Å². The van der Waals surface area contributed by atoms with Crippen LogP contribution in [-0.4, -0.2) is 13.3 Å². The van der Waals surface area contributed by atoms with Crippen molar-refractivity contribution in [3.8, 4) is 6.07 Å². The Kier molecular flexibility index (Phi) is 2.40. The summed E-state index contributed by atoms with van der Waals surface area (Å²) in [6, 6.07) is 9.46. The van der Waals surface area contributed by atoms with Crippen molar-refractivity contribution in [2.75, 3.05) is 7.05 Å². The Morgan fingerprint density at radius 3 is 2.82 bits per heavy atom. The molecule has 1 aromatic carbocycles. The van der Waals surface area contributed by atoms with E-state index in [4.69, 9.17) is 5.26 Å². The van der Waals surface area contributed by atoms with E-state index in [9.17, 15) is 0 Å². The molecular weight excluding hydrogens is 136 g/mol. The van der Waals surface area contributed by atoms with Crippen LogP contribution in [0.25, 0.3) is 0 Å². The van der Waals surface area contributed by atoms with E-state index in [0.717, 1.165) is 5.56 Å². The minimum Gasteiger partial charge on any atom is -0.296 e. The molecule has 0 spiro atoms. The molecule has 0 aromatic heterocycles. The standard InChI is InChI=1S/C9H8N2/c1-11-7-9-5-3-2-4-8(9)6-10/h2-5,7H,1H3. The van der Waals surface area contributed by atoms with Gasteiger partial charge >= 0.3 is 0 Å². The molecular formula is C9H8N2. The van der Waals surface area contributed by atoms with Crippen LogP contribution in [-0.2, 0) is 0 Å². The normalized spacial score (nSPS) is 9.82. The maximum Gasteiger partial charge on any atom is 0.0998 e. The van der Waals surface area contributed by atoms with Gasteiger partial charge in [-0.05, 0) is 6.07 Å². The smallest absolute Gasteiger partial charge is 0.0998 e. The van der Waals surface area contributed by atoms with Crippen LogP contribution in [0.3, 0.4) is 0 Å². The molecule has 0 saturated heterocycles. The summed E-state index contributed by atoms with van der Waals surface area (Å²) in [7, 11) is 1.69. The molecule has 0 N–H and O–H groups in total. The largest absolute Gasteiger partial charge is 0.296 e. The van der Waals surface area contributed by atoms with Crippen molar-refractivity contribution < 1.29 is 0 Å². The average Bonchev–Trinajstić information content (AvgIpc) is 2.06. The summed E-state index contributed by atoms with van der Waals surface area (Å²) in [5, 5.41) is 8.63. The third-order valence-electron chi connectivity index (χ3n) is 1.35. The fourth-order valence-corrected chi connectivity index (χ4v) is 0.850. The van der Waals surface area contributed by atoms with E-state index in [1.807, 2.05) is 18.2 Å². The molecule has 2 heteroatoms. The van der Waals surface area contributed by atoms with Gasteiger partial charge in [0.25, 0.3) is 0 Å². The van der Waals surface area contributed by atoms with Crippen LogP contribution in [0.2, 0.25) is 0 Å². The van der Waals surface area contributed by atoms with Gasteiger partial charge in [0.2, 0.25) is 0 Å². The highest BCUT2D eigenvalue weighted by atomic mass is 14.6. The maximum atomic E-state index is 8.63. The Labute approximate surface area is 65.8 Å². The number of hydrogen-bond acceptors (Lipinski definition) is 2. The monoisotopic (exact) mass is 144 g/mol. The zero-order chi connectivity index (χ0) is 8.10. The van der Waals surface area contributed by atoms with Crippen molar-refractivity contribution in [1.82, 2.24) is 0 Å². The summed E-state index contributed by atoms with van der Waals surface area (Å²) in [6.45, 7) is 0. The SMILES string of the molecule is CN=Cc1ccccc1C#N. The fraction of sp³-hybridized carbons (Fsp3) is 0.111. The molecule has 0 atom stereocenters. The Morgan fingerprint density at radius 2 is 2.18 bits per heavy atom. The van der Waals surface area contributed by atoms with Crippen molar-refractivity contribution in [2.24, 2.45) is 4.99 Å². The van der Waals surface area contributed by atoms with E-state index in [-0.39, 0.29) is 0 Å². The molecule has 54 valence electrons. The zero-order valence-corrected chi connectivity index (χ0v) is 6.28. The molecule has 0 aliphatic heterocycles. The zero-order valence-electron chi connectivity index (χ0n) is 6.28. The van der Waals surface area contributed by atoms with E-state index in [2.05, 4.69) is 11.1 Å². The third kappa shape index (κ3) is 1.65. The summed E-state index contributed by atoms with van der Waals surface area (Å²) in [4.78, 5) is 3.84. The molecule has 2 nitrogen and oxygen atoms in total. The number of nitrogens with zero attached hydrogens (tertiary/aromatic N) is 2. The highest BCUT2D eigenvalue weighted by molar-refractivity contribution is 5.82. The van der Waals surface area contributed by atoms with Gasteiger partial charge in [-0.2, -0.15) is 5.26 Å². The first kappa shape index (κ1) is 7.49. The van der Waals surface area contributed by atoms with Gasteiger partial charge in [0, 0.05) is 18.8 Å². The third-order valence-corrected chi connectivity index (χ3v) is 1.35. The van der Waals surface area contributed by atoms with Gasteiger partial charge in [-0.1, -0.05) is 18.2 Å². The van der Waals surface area contributed by atoms with Crippen molar-refractivity contribution in [2.45, 2.75) is 0 Å². The lowest BCUT2D eigenvalue weighted by molar-refractivity contribution is 1.44. The first-order valence-corrected chi connectivity index (χ1v) is 3.30. The van der Waals surface area contributed by atoms with Crippen LogP contribution in [0.4, 0.5) is 0 Å². The molecule has 1 rings (SSSR count). The number of nitriles is 1. The van der Waals surface area contributed by atoms with Gasteiger partial charge in [0.1, 0.15) is 0 Å².